The molecule has 2 aromatic carbocycles. The normalized spacial score (nSPS) is 11.3. The van der Waals surface area contributed by atoms with Crippen LogP contribution >= 0.6 is 0 Å². The van der Waals surface area contributed by atoms with Gasteiger partial charge in [-0.25, -0.2) is 0 Å². The van der Waals surface area contributed by atoms with E-state index in [2.05, 4.69) is 12.1 Å². The summed E-state index contributed by atoms with van der Waals surface area (Å²) in [4.78, 5) is 11.8. The smallest absolute Gasteiger partial charge is 0.315 e. The molecule has 0 amide bonds. The van der Waals surface area contributed by atoms with Crippen LogP contribution in [0.15, 0.2) is 54.6 Å². The summed E-state index contributed by atoms with van der Waals surface area (Å²) in [6.45, 7) is 5.05. The van der Waals surface area contributed by atoms with E-state index in [0.29, 0.717) is 13.2 Å². The van der Waals surface area contributed by atoms with Gasteiger partial charge in [0.25, 0.3) is 0 Å². The lowest BCUT2D eigenvalue weighted by atomic mass is 9.84. The predicted molar refractivity (Wildman–Crippen MR) is 91.3 cm³/mol. The van der Waals surface area contributed by atoms with Gasteiger partial charge in [-0.3, -0.25) is 4.79 Å². The largest absolute Gasteiger partial charge is 0.468 e. The monoisotopic (exact) mass is 312 g/mol. The number of hydrogen-bond donors (Lipinski definition) is 0. The molecule has 2 aromatic rings. The van der Waals surface area contributed by atoms with Crippen LogP contribution in [0.5, 0.6) is 0 Å². The van der Waals surface area contributed by atoms with E-state index in [1.807, 2.05) is 56.3 Å². The molecule has 0 aliphatic heterocycles. The Morgan fingerprint density at radius 1 is 0.957 bits per heavy atom. The molecule has 0 heterocycles. The molecule has 0 saturated heterocycles. The third-order valence-corrected chi connectivity index (χ3v) is 4.02. The summed E-state index contributed by atoms with van der Waals surface area (Å²) < 4.78 is 10.6. The van der Waals surface area contributed by atoms with Crippen molar-refractivity contribution >= 4 is 5.97 Å². The highest BCUT2D eigenvalue weighted by atomic mass is 16.5. The van der Waals surface area contributed by atoms with Crippen molar-refractivity contribution in [3.63, 3.8) is 0 Å². The average Bonchev–Trinajstić information content (AvgIpc) is 2.59. The van der Waals surface area contributed by atoms with Gasteiger partial charge in [-0.2, -0.15) is 0 Å². The number of carbonyl (C=O) groups excluding carboxylic acids is 1. The molecule has 122 valence electrons. The van der Waals surface area contributed by atoms with Crippen LogP contribution in [0.1, 0.15) is 30.5 Å². The first kappa shape index (κ1) is 17.2. The Bertz CT molecular complexity index is 615. The third-order valence-electron chi connectivity index (χ3n) is 4.02. The Kier molecular flexibility index (Phi) is 5.94. The second-order valence-electron chi connectivity index (χ2n) is 6.10. The van der Waals surface area contributed by atoms with E-state index in [4.69, 9.17) is 9.47 Å². The Morgan fingerprint density at radius 2 is 1.61 bits per heavy atom. The van der Waals surface area contributed by atoms with Gasteiger partial charge in [-0.15, -0.1) is 0 Å². The molecular weight excluding hydrogens is 288 g/mol. The van der Waals surface area contributed by atoms with Gasteiger partial charge in [0, 0.05) is 0 Å². The van der Waals surface area contributed by atoms with Crippen molar-refractivity contribution in [1.82, 2.24) is 0 Å². The molecule has 0 atom stereocenters. The molecule has 0 bridgehead atoms. The molecule has 2 rings (SSSR count). The Balaban J connectivity index is 1.84. The van der Waals surface area contributed by atoms with Gasteiger partial charge in [0.1, 0.15) is 0 Å². The first-order valence-corrected chi connectivity index (χ1v) is 7.83. The van der Waals surface area contributed by atoms with Gasteiger partial charge in [0.15, 0.2) is 0 Å². The molecule has 0 saturated carbocycles. The van der Waals surface area contributed by atoms with Gasteiger partial charge in [0.2, 0.25) is 0 Å². The molecule has 0 spiro atoms. The lowest BCUT2D eigenvalue weighted by Gasteiger charge is -2.22. The molecule has 0 unspecified atom stereocenters. The fourth-order valence-electron chi connectivity index (χ4n) is 2.42. The molecule has 3 nitrogen and oxygen atoms in total. The molecule has 0 aliphatic carbocycles. The Morgan fingerprint density at radius 3 is 2.22 bits per heavy atom. The lowest BCUT2D eigenvalue weighted by Crippen LogP contribution is -2.30. The summed E-state index contributed by atoms with van der Waals surface area (Å²) in [6.07, 6.45) is 0.853. The molecular formula is C20H24O3. The van der Waals surface area contributed by atoms with Crippen molar-refractivity contribution in [3.8, 4) is 0 Å². The second-order valence-corrected chi connectivity index (χ2v) is 6.10. The molecule has 23 heavy (non-hydrogen) atoms. The van der Waals surface area contributed by atoms with E-state index in [-0.39, 0.29) is 5.97 Å². The Hall–Kier alpha value is -2.13. The number of hydrogen-bond acceptors (Lipinski definition) is 3. The summed E-state index contributed by atoms with van der Waals surface area (Å²) in [5.41, 5.74) is 2.71. The highest BCUT2D eigenvalue weighted by molar-refractivity contribution is 5.82. The van der Waals surface area contributed by atoms with Crippen LogP contribution in [-0.4, -0.2) is 19.7 Å². The van der Waals surface area contributed by atoms with E-state index in [0.717, 1.165) is 12.0 Å². The average molecular weight is 312 g/mol. The molecule has 3 heteroatoms. The summed E-state index contributed by atoms with van der Waals surface area (Å²) in [5, 5.41) is 0. The van der Waals surface area contributed by atoms with Crippen molar-refractivity contribution in [3.05, 3.63) is 71.3 Å². The fraction of sp³-hybridized carbons (Fsp3) is 0.350. The summed E-state index contributed by atoms with van der Waals surface area (Å²) in [7, 11) is 1.42. The maximum atomic E-state index is 11.8. The van der Waals surface area contributed by atoms with E-state index in [9.17, 15) is 4.79 Å². The number of esters is 1. The summed E-state index contributed by atoms with van der Waals surface area (Å²) >= 11 is 0. The predicted octanol–water partition coefficient (Wildman–Crippen LogP) is 3.90. The quantitative estimate of drug-likeness (QED) is 0.574. The third kappa shape index (κ3) is 4.67. The van der Waals surface area contributed by atoms with Crippen molar-refractivity contribution in [2.45, 2.75) is 32.3 Å². The van der Waals surface area contributed by atoms with Gasteiger partial charge in [-0.05, 0) is 37.0 Å². The zero-order valence-electron chi connectivity index (χ0n) is 14.0. The zero-order chi connectivity index (χ0) is 16.7. The number of methoxy groups -OCH3 is 1. The first-order chi connectivity index (χ1) is 11.0. The van der Waals surface area contributed by atoms with Crippen LogP contribution < -0.4 is 0 Å². The highest BCUT2D eigenvalue weighted by Crippen LogP contribution is 2.25. The lowest BCUT2D eigenvalue weighted by molar-refractivity contribution is -0.146. The van der Waals surface area contributed by atoms with E-state index in [1.165, 1.54) is 18.2 Å². The second kappa shape index (κ2) is 7.93. The highest BCUT2D eigenvalue weighted by Gasteiger charge is 2.30. The topological polar surface area (TPSA) is 35.5 Å². The van der Waals surface area contributed by atoms with Gasteiger partial charge in [-0.1, -0.05) is 54.6 Å². The maximum Gasteiger partial charge on any atom is 0.315 e. The van der Waals surface area contributed by atoms with Crippen LogP contribution in [0.25, 0.3) is 0 Å². The van der Waals surface area contributed by atoms with E-state index < -0.39 is 5.41 Å². The zero-order valence-corrected chi connectivity index (χ0v) is 14.0. The minimum atomic E-state index is -0.628. The molecule has 0 N–H and O–H groups in total. The van der Waals surface area contributed by atoms with Crippen LogP contribution in [0.4, 0.5) is 0 Å². The van der Waals surface area contributed by atoms with Crippen LogP contribution in [0.3, 0.4) is 0 Å². The van der Waals surface area contributed by atoms with Crippen molar-refractivity contribution in [1.29, 1.82) is 0 Å². The number of benzene rings is 2. The number of carbonyl (C=O) groups is 1. The maximum absolute atomic E-state index is 11.8. The minimum Gasteiger partial charge on any atom is -0.468 e. The van der Waals surface area contributed by atoms with Gasteiger partial charge >= 0.3 is 5.97 Å². The number of ether oxygens (including phenoxy) is 2. The van der Waals surface area contributed by atoms with Gasteiger partial charge < -0.3 is 9.47 Å². The van der Waals surface area contributed by atoms with E-state index in [1.54, 1.807) is 0 Å². The first-order valence-electron chi connectivity index (χ1n) is 7.83. The fourth-order valence-corrected chi connectivity index (χ4v) is 2.42. The molecule has 0 radical (unpaired) electrons. The van der Waals surface area contributed by atoms with Gasteiger partial charge in [0.05, 0.1) is 25.7 Å². The SMILES string of the molecule is COC(=O)C(C)(C)c1ccc(CCOCc2ccccc2)cc1. The molecule has 0 fully saturated rings. The van der Waals surface area contributed by atoms with Crippen LogP contribution in [0.2, 0.25) is 0 Å². The summed E-state index contributed by atoms with van der Waals surface area (Å²) in [6, 6.07) is 18.2. The summed E-state index contributed by atoms with van der Waals surface area (Å²) in [5.74, 6) is -0.226. The van der Waals surface area contributed by atoms with Crippen molar-refractivity contribution in [2.24, 2.45) is 0 Å². The van der Waals surface area contributed by atoms with Crippen LogP contribution in [-0.2, 0) is 32.7 Å². The van der Waals surface area contributed by atoms with E-state index >= 15 is 0 Å². The molecule has 0 aromatic heterocycles. The Labute approximate surface area is 138 Å². The molecule has 0 aliphatic rings. The van der Waals surface area contributed by atoms with Crippen molar-refractivity contribution < 1.29 is 14.3 Å². The minimum absolute atomic E-state index is 0.226. The number of rotatable bonds is 7. The standard InChI is InChI=1S/C20H24O3/c1-20(2,19(21)22-3)18-11-9-16(10-12-18)13-14-23-15-17-7-5-4-6-8-17/h4-12H,13-15H2,1-3H3. The van der Waals surface area contributed by atoms with Crippen molar-refractivity contribution in [2.75, 3.05) is 13.7 Å². The van der Waals surface area contributed by atoms with Crippen LogP contribution in [0, 0.1) is 0 Å².